The van der Waals surface area contributed by atoms with Gasteiger partial charge in [0.15, 0.2) is 0 Å². The molecule has 20 heavy (non-hydrogen) atoms. The monoisotopic (exact) mass is 447 g/mol. The van der Waals surface area contributed by atoms with Crippen LogP contribution in [-0.4, -0.2) is 15.5 Å². The summed E-state index contributed by atoms with van der Waals surface area (Å²) in [5.41, 5.74) is 8.32. The summed E-state index contributed by atoms with van der Waals surface area (Å²) in [6, 6.07) is 12.7. The first-order valence-electron chi connectivity index (χ1n) is 5.48. The molecule has 0 unspecified atom stereocenters. The van der Waals surface area contributed by atoms with E-state index < -0.39 is 0 Å². The van der Waals surface area contributed by atoms with Crippen LogP contribution in [0.25, 0.3) is 16.8 Å². The van der Waals surface area contributed by atoms with Crippen LogP contribution in [0.3, 0.4) is 0 Å². The van der Waals surface area contributed by atoms with E-state index in [1.54, 1.807) is 17.8 Å². The fraction of sp³-hybridized carbons (Fsp3) is 0.133. The molecule has 0 spiro atoms. The summed E-state index contributed by atoms with van der Waals surface area (Å²) >= 11 is 0. The second-order valence-electron chi connectivity index (χ2n) is 3.67. The summed E-state index contributed by atoms with van der Waals surface area (Å²) in [5, 5.41) is 12.5. The molecule has 1 aromatic heterocycles. The number of hydrogen-bond acceptors (Lipinski definition) is 1. The van der Waals surface area contributed by atoms with Crippen molar-refractivity contribution in [3.63, 3.8) is 0 Å². The number of allylic oxidation sites excluding steroid dienone is 2. The zero-order valence-electron chi connectivity index (χ0n) is 11.8. The van der Waals surface area contributed by atoms with E-state index in [-0.39, 0.29) is 33.2 Å². The average Bonchev–Trinajstić information content (AvgIpc) is 2.82. The van der Waals surface area contributed by atoms with Crippen molar-refractivity contribution in [1.82, 2.24) is 9.78 Å². The van der Waals surface area contributed by atoms with Crippen molar-refractivity contribution in [2.75, 3.05) is 0 Å². The molecule has 1 radical (unpaired) electrons. The molecule has 1 aromatic carbocycles. The number of nitrogens with one attached hydrogen (secondary N) is 1. The van der Waals surface area contributed by atoms with Crippen LogP contribution >= 0.6 is 0 Å². The van der Waals surface area contributed by atoms with Crippen LogP contribution in [0.2, 0.25) is 0 Å². The van der Waals surface area contributed by atoms with Gasteiger partial charge in [0.2, 0.25) is 0 Å². The standard InChI is InChI=1S/C9H7N2.C5H8N2.CH3.Ir/c1-2-5-9(6-3-1)11-8-4-7-10-11;1-4(6)3-5(2)7;;/h1-5,7-8H;3,6H,1-2H3;1H3;/q-1;-2;-1;. The Morgan fingerprint density at radius 3 is 2.40 bits per heavy atom. The van der Waals surface area contributed by atoms with Crippen LogP contribution in [-0.2, 0) is 20.1 Å². The largest absolute Gasteiger partial charge is 0.808 e. The van der Waals surface area contributed by atoms with Gasteiger partial charge in [-0.05, 0) is 11.8 Å². The van der Waals surface area contributed by atoms with Crippen molar-refractivity contribution in [1.29, 1.82) is 0 Å². The quantitative estimate of drug-likeness (QED) is 0.506. The summed E-state index contributed by atoms with van der Waals surface area (Å²) in [6.07, 6.45) is 5.03. The van der Waals surface area contributed by atoms with E-state index in [1.807, 2.05) is 36.5 Å². The molecule has 0 bridgehead atoms. The third-order valence-electron chi connectivity index (χ3n) is 1.87. The van der Waals surface area contributed by atoms with Gasteiger partial charge in [0.25, 0.3) is 0 Å². The van der Waals surface area contributed by atoms with Crippen LogP contribution in [0.1, 0.15) is 13.8 Å². The molecule has 1 N–H and O–H groups in total. The van der Waals surface area contributed by atoms with Crippen molar-refractivity contribution in [2.45, 2.75) is 13.8 Å². The molecule has 0 saturated carbocycles. The first kappa shape index (κ1) is 20.6. The Hall–Kier alpha value is -1.71. The predicted octanol–water partition coefficient (Wildman–Crippen LogP) is 4.09. The van der Waals surface area contributed by atoms with Crippen LogP contribution < -0.4 is 0 Å². The smallest absolute Gasteiger partial charge is 0.0493 e. The Morgan fingerprint density at radius 2 is 2.05 bits per heavy atom. The van der Waals surface area contributed by atoms with Gasteiger partial charge in [-0.1, -0.05) is 13.8 Å². The number of rotatable bonds is 2. The topological polar surface area (TPSA) is 63.9 Å². The number of benzene rings is 1. The van der Waals surface area contributed by atoms with Gasteiger partial charge in [0.1, 0.15) is 0 Å². The maximum absolute atomic E-state index is 8.44. The van der Waals surface area contributed by atoms with E-state index in [1.165, 1.54) is 13.0 Å². The van der Waals surface area contributed by atoms with Gasteiger partial charge in [-0.25, -0.2) is 0 Å². The van der Waals surface area contributed by atoms with E-state index in [0.717, 1.165) is 5.69 Å². The SMILES string of the molecule is CC(=[N-])C=C(C)[NH-].[CH3-].[Ir].[c-]1ccccc1-n1cccn1. The Morgan fingerprint density at radius 1 is 1.35 bits per heavy atom. The van der Waals surface area contributed by atoms with Gasteiger partial charge in [-0.15, -0.1) is 12.1 Å². The number of aromatic nitrogens is 2. The molecule has 1 heterocycles. The predicted molar refractivity (Wildman–Crippen MR) is 80.9 cm³/mol. The average molecular weight is 447 g/mol. The van der Waals surface area contributed by atoms with Crippen molar-refractivity contribution < 1.29 is 20.1 Å². The molecule has 0 aliphatic rings. The molecule has 111 valence electrons. The second kappa shape index (κ2) is 11.1. The van der Waals surface area contributed by atoms with E-state index >= 15 is 0 Å². The van der Waals surface area contributed by atoms with Crippen molar-refractivity contribution in [3.05, 3.63) is 79.1 Å². The van der Waals surface area contributed by atoms with Crippen molar-refractivity contribution in [3.8, 4) is 5.69 Å². The van der Waals surface area contributed by atoms with Gasteiger partial charge >= 0.3 is 0 Å². The van der Waals surface area contributed by atoms with Gasteiger partial charge in [-0.2, -0.15) is 40.8 Å². The summed E-state index contributed by atoms with van der Waals surface area (Å²) < 4.78 is 1.78. The Kier molecular flexibility index (Phi) is 11.5. The zero-order valence-corrected chi connectivity index (χ0v) is 14.2. The van der Waals surface area contributed by atoms with Crippen molar-refractivity contribution in [2.24, 2.45) is 0 Å². The van der Waals surface area contributed by atoms with Gasteiger partial charge in [0, 0.05) is 32.5 Å². The molecule has 2 rings (SSSR count). The summed E-state index contributed by atoms with van der Waals surface area (Å²) in [4.78, 5) is 0. The molecule has 0 saturated heterocycles. The van der Waals surface area contributed by atoms with E-state index in [0.29, 0.717) is 5.70 Å². The van der Waals surface area contributed by atoms with Gasteiger partial charge in [-0.3, -0.25) is 4.68 Å². The summed E-state index contributed by atoms with van der Waals surface area (Å²) in [5.74, 6) is 0. The first-order chi connectivity index (χ1) is 8.59. The number of para-hydroxylation sites is 1. The molecular formula is C15H18IrN4-4. The minimum Gasteiger partial charge on any atom is -0.808 e. The molecule has 4 nitrogen and oxygen atoms in total. The Balaban J connectivity index is 0. The number of nitrogens with zero attached hydrogens (tertiary/aromatic N) is 3. The van der Waals surface area contributed by atoms with E-state index in [4.69, 9.17) is 11.1 Å². The fourth-order valence-corrected chi connectivity index (χ4v) is 1.25. The minimum atomic E-state index is 0. The minimum absolute atomic E-state index is 0. The van der Waals surface area contributed by atoms with Crippen LogP contribution in [0, 0.1) is 13.5 Å². The summed E-state index contributed by atoms with van der Waals surface area (Å²) in [6.45, 7) is 3.15. The molecule has 0 aliphatic carbocycles. The third kappa shape index (κ3) is 8.40. The molecule has 5 heteroatoms. The van der Waals surface area contributed by atoms with E-state index in [2.05, 4.69) is 11.2 Å². The molecular weight excluding hydrogens is 428 g/mol. The van der Waals surface area contributed by atoms with Crippen LogP contribution in [0.5, 0.6) is 0 Å². The van der Waals surface area contributed by atoms with E-state index in [9.17, 15) is 0 Å². The van der Waals surface area contributed by atoms with Crippen LogP contribution in [0.15, 0.2) is 54.5 Å². The van der Waals surface area contributed by atoms with Gasteiger partial charge < -0.3 is 18.6 Å². The molecule has 0 aliphatic heterocycles. The van der Waals surface area contributed by atoms with Gasteiger partial charge in [0.05, 0.1) is 0 Å². The first-order valence-corrected chi connectivity index (χ1v) is 5.48. The molecule has 0 atom stereocenters. The fourth-order valence-electron chi connectivity index (χ4n) is 1.25. The van der Waals surface area contributed by atoms with Crippen molar-refractivity contribution >= 4 is 5.71 Å². The molecule has 0 amide bonds. The Labute approximate surface area is 134 Å². The second-order valence-corrected chi connectivity index (χ2v) is 3.67. The van der Waals surface area contributed by atoms with Crippen LogP contribution in [0.4, 0.5) is 0 Å². The Bertz CT molecular complexity index is 500. The molecule has 2 aromatic rings. The maximum atomic E-state index is 8.44. The molecule has 0 fully saturated rings. The normalized spacial score (nSPS) is 9.40. The zero-order chi connectivity index (χ0) is 13.4. The number of hydrogen-bond donors (Lipinski definition) is 0. The summed E-state index contributed by atoms with van der Waals surface area (Å²) in [7, 11) is 0. The maximum Gasteiger partial charge on any atom is 0.0493 e. The third-order valence-corrected chi connectivity index (χ3v) is 1.87.